The van der Waals surface area contributed by atoms with E-state index in [0.29, 0.717) is 0 Å². The van der Waals surface area contributed by atoms with Crippen LogP contribution in [-0.2, 0) is 16.6 Å². The van der Waals surface area contributed by atoms with Crippen LogP contribution in [0.25, 0.3) is 0 Å². The molecule has 1 aromatic carbocycles. The molecule has 1 aliphatic heterocycles. The van der Waals surface area contributed by atoms with Crippen molar-refractivity contribution in [2.75, 3.05) is 39.6 Å². The van der Waals surface area contributed by atoms with E-state index in [-0.39, 0.29) is 10.2 Å². The molecule has 0 amide bonds. The molecule has 1 fully saturated rings. The maximum absolute atomic E-state index is 5.53. The van der Waals surface area contributed by atoms with Crippen LogP contribution >= 0.6 is 11.8 Å². The highest BCUT2D eigenvalue weighted by Gasteiger charge is 2.32. The van der Waals surface area contributed by atoms with E-state index < -0.39 is 0 Å². The highest BCUT2D eigenvalue weighted by atomic mass is 32.2. The van der Waals surface area contributed by atoms with Crippen LogP contribution in [0, 0.1) is 0 Å². The molecule has 26 heavy (non-hydrogen) atoms. The third-order valence-electron chi connectivity index (χ3n) is 5.48. The highest BCUT2D eigenvalue weighted by molar-refractivity contribution is 8.00. The second-order valence-electron chi connectivity index (χ2n) is 7.71. The van der Waals surface area contributed by atoms with Gasteiger partial charge < -0.3 is 15.4 Å². The lowest BCUT2D eigenvalue weighted by molar-refractivity contribution is 0.0783. The maximum Gasteiger partial charge on any atom is 0.191 e. The number of guanidine groups is 1. The van der Waals surface area contributed by atoms with Crippen molar-refractivity contribution in [2.24, 2.45) is 4.99 Å². The van der Waals surface area contributed by atoms with Crippen LogP contribution in [-0.4, -0.2) is 50.3 Å². The summed E-state index contributed by atoms with van der Waals surface area (Å²) in [6, 6.07) is 8.97. The second-order valence-corrected chi connectivity index (χ2v) is 8.99. The minimum absolute atomic E-state index is 0.0414. The number of nitrogens with one attached hydrogen (secondary N) is 2. The lowest BCUT2D eigenvalue weighted by Crippen LogP contribution is -2.49. The van der Waals surface area contributed by atoms with Gasteiger partial charge in [0.2, 0.25) is 0 Å². The molecule has 0 aliphatic carbocycles. The van der Waals surface area contributed by atoms with E-state index >= 15 is 0 Å². The Morgan fingerprint density at radius 3 is 2.38 bits per heavy atom. The molecule has 2 N–H and O–H groups in total. The standard InChI is InChI=1S/C21H35N3OS/c1-6-17-7-9-18(10-8-17)20(2,3)15-23-19(22-4)24-16-21(26-5)11-13-25-14-12-21/h7-10H,6,11-16H2,1-5H3,(H2,22,23,24). The zero-order chi connectivity index (χ0) is 19.0. The van der Waals surface area contributed by atoms with E-state index in [1.54, 1.807) is 0 Å². The molecule has 0 unspecified atom stereocenters. The first-order chi connectivity index (χ1) is 12.4. The average Bonchev–Trinajstić information content (AvgIpc) is 2.69. The predicted molar refractivity (Wildman–Crippen MR) is 115 cm³/mol. The van der Waals surface area contributed by atoms with Gasteiger partial charge in [-0.1, -0.05) is 45.0 Å². The van der Waals surface area contributed by atoms with E-state index in [4.69, 9.17) is 4.74 Å². The smallest absolute Gasteiger partial charge is 0.191 e. The van der Waals surface area contributed by atoms with E-state index in [1.807, 2.05) is 18.8 Å². The first-order valence-electron chi connectivity index (χ1n) is 9.61. The third kappa shape index (κ3) is 5.65. The number of benzene rings is 1. The summed E-state index contributed by atoms with van der Waals surface area (Å²) in [5.41, 5.74) is 2.77. The summed E-state index contributed by atoms with van der Waals surface area (Å²) in [5.74, 6) is 0.878. The topological polar surface area (TPSA) is 45.7 Å². The number of hydrogen-bond acceptors (Lipinski definition) is 3. The molecule has 1 aromatic rings. The first-order valence-corrected chi connectivity index (χ1v) is 10.8. The Kier molecular flexibility index (Phi) is 7.84. The molecule has 0 saturated carbocycles. The van der Waals surface area contributed by atoms with Crippen molar-refractivity contribution in [3.8, 4) is 0 Å². The largest absolute Gasteiger partial charge is 0.381 e. The summed E-state index contributed by atoms with van der Waals surface area (Å²) >= 11 is 1.94. The Morgan fingerprint density at radius 2 is 1.85 bits per heavy atom. The van der Waals surface area contributed by atoms with Gasteiger partial charge in [-0.2, -0.15) is 11.8 Å². The van der Waals surface area contributed by atoms with Gasteiger partial charge in [-0.25, -0.2) is 0 Å². The minimum atomic E-state index is 0.0414. The zero-order valence-corrected chi connectivity index (χ0v) is 17.8. The molecule has 4 nitrogen and oxygen atoms in total. The fraction of sp³-hybridized carbons (Fsp3) is 0.667. The van der Waals surface area contributed by atoms with Crippen LogP contribution in [0.1, 0.15) is 44.7 Å². The lowest BCUT2D eigenvalue weighted by atomic mass is 9.84. The number of thioether (sulfide) groups is 1. The van der Waals surface area contributed by atoms with Crippen molar-refractivity contribution in [1.82, 2.24) is 10.6 Å². The summed E-state index contributed by atoms with van der Waals surface area (Å²) in [6.45, 7) is 10.2. The normalized spacial score (nSPS) is 17.8. The molecule has 1 heterocycles. The van der Waals surface area contributed by atoms with Crippen LogP contribution < -0.4 is 10.6 Å². The van der Waals surface area contributed by atoms with Gasteiger partial charge in [0.15, 0.2) is 5.96 Å². The molecule has 0 aromatic heterocycles. The number of aliphatic imine (C=N–C) groups is 1. The summed E-state index contributed by atoms with van der Waals surface area (Å²) in [4.78, 5) is 4.42. The molecule has 0 bridgehead atoms. The van der Waals surface area contributed by atoms with Crippen LogP contribution in [0.5, 0.6) is 0 Å². The van der Waals surface area contributed by atoms with Crippen LogP contribution in [0.15, 0.2) is 29.3 Å². The van der Waals surface area contributed by atoms with Crippen molar-refractivity contribution < 1.29 is 4.74 Å². The highest BCUT2D eigenvalue weighted by Crippen LogP contribution is 2.33. The molecule has 0 spiro atoms. The first kappa shape index (κ1) is 21.1. The number of ether oxygens (including phenoxy) is 1. The van der Waals surface area contributed by atoms with Crippen molar-refractivity contribution >= 4 is 17.7 Å². The van der Waals surface area contributed by atoms with E-state index in [2.05, 4.69) is 66.9 Å². The number of hydrogen-bond donors (Lipinski definition) is 2. The molecule has 1 saturated heterocycles. The maximum atomic E-state index is 5.53. The van der Waals surface area contributed by atoms with Gasteiger partial charge in [0, 0.05) is 43.5 Å². The molecule has 5 heteroatoms. The molecule has 0 atom stereocenters. The van der Waals surface area contributed by atoms with E-state index in [0.717, 1.165) is 51.5 Å². The molecular weight excluding hydrogens is 342 g/mol. The van der Waals surface area contributed by atoms with Crippen LogP contribution in [0.2, 0.25) is 0 Å². The Hall–Kier alpha value is -1.20. The Labute approximate surface area is 163 Å². The van der Waals surface area contributed by atoms with E-state index in [1.165, 1.54) is 11.1 Å². The summed E-state index contributed by atoms with van der Waals surface area (Å²) in [6.07, 6.45) is 5.46. The third-order valence-corrected chi connectivity index (χ3v) is 6.90. The predicted octanol–water partition coefficient (Wildman–Crippen LogP) is 3.60. The average molecular weight is 378 g/mol. The second kappa shape index (κ2) is 9.65. The Balaban J connectivity index is 1.90. The van der Waals surface area contributed by atoms with Gasteiger partial charge in [0.1, 0.15) is 0 Å². The Morgan fingerprint density at radius 1 is 1.19 bits per heavy atom. The fourth-order valence-corrected chi connectivity index (χ4v) is 4.05. The van der Waals surface area contributed by atoms with Crippen molar-refractivity contribution in [1.29, 1.82) is 0 Å². The summed E-state index contributed by atoms with van der Waals surface area (Å²) in [7, 11) is 1.84. The van der Waals surface area contributed by atoms with Gasteiger partial charge in [0.25, 0.3) is 0 Å². The van der Waals surface area contributed by atoms with Crippen LogP contribution in [0.3, 0.4) is 0 Å². The fourth-order valence-electron chi connectivity index (χ4n) is 3.26. The van der Waals surface area contributed by atoms with Gasteiger partial charge in [-0.3, -0.25) is 4.99 Å². The molecule has 146 valence electrons. The lowest BCUT2D eigenvalue weighted by Gasteiger charge is -2.36. The number of nitrogens with zero attached hydrogens (tertiary/aromatic N) is 1. The molecule has 0 radical (unpaired) electrons. The molecular formula is C21H35N3OS. The van der Waals surface area contributed by atoms with Gasteiger partial charge in [0.05, 0.1) is 0 Å². The minimum Gasteiger partial charge on any atom is -0.381 e. The molecule has 2 rings (SSSR count). The van der Waals surface area contributed by atoms with Crippen molar-refractivity contribution in [3.63, 3.8) is 0 Å². The van der Waals surface area contributed by atoms with Crippen LogP contribution in [0.4, 0.5) is 0 Å². The monoisotopic (exact) mass is 377 g/mol. The van der Waals surface area contributed by atoms with Crippen molar-refractivity contribution in [3.05, 3.63) is 35.4 Å². The van der Waals surface area contributed by atoms with Gasteiger partial charge >= 0.3 is 0 Å². The SMILES string of the molecule is CCc1ccc(C(C)(C)CNC(=NC)NCC2(SC)CCOCC2)cc1. The van der Waals surface area contributed by atoms with E-state index in [9.17, 15) is 0 Å². The Bertz CT molecular complexity index is 577. The zero-order valence-electron chi connectivity index (χ0n) is 17.0. The summed E-state index contributed by atoms with van der Waals surface area (Å²) in [5, 5.41) is 7.05. The summed E-state index contributed by atoms with van der Waals surface area (Å²) < 4.78 is 5.78. The van der Waals surface area contributed by atoms with Crippen molar-refractivity contribution in [2.45, 2.75) is 50.2 Å². The molecule has 1 aliphatic rings. The number of aryl methyl sites for hydroxylation is 1. The quantitative estimate of drug-likeness (QED) is 0.563. The van der Waals surface area contributed by atoms with Gasteiger partial charge in [-0.05, 0) is 36.6 Å². The number of rotatable bonds is 7. The van der Waals surface area contributed by atoms with Gasteiger partial charge in [-0.15, -0.1) is 0 Å².